The van der Waals surface area contributed by atoms with Crippen LogP contribution in [0.3, 0.4) is 0 Å². The molecule has 8 heteroatoms. The van der Waals surface area contributed by atoms with E-state index in [0.29, 0.717) is 25.7 Å². The minimum atomic E-state index is 0. The van der Waals surface area contributed by atoms with Crippen LogP contribution in [0.25, 0.3) is 11.0 Å². The summed E-state index contributed by atoms with van der Waals surface area (Å²) in [5.41, 5.74) is 2.11. The first kappa shape index (κ1) is 21.8. The van der Waals surface area contributed by atoms with Gasteiger partial charge in [0, 0.05) is 14.1 Å². The lowest BCUT2D eigenvalue weighted by molar-refractivity contribution is 0.321. The van der Waals surface area contributed by atoms with Gasteiger partial charge >= 0.3 is 0 Å². The zero-order valence-corrected chi connectivity index (χ0v) is 18.6. The number of imidazole rings is 1. The molecule has 0 saturated carbocycles. The smallest absolute Gasteiger partial charge is 0.191 e. The van der Waals surface area contributed by atoms with E-state index in [2.05, 4.69) is 31.2 Å². The molecule has 1 aromatic heterocycles. The van der Waals surface area contributed by atoms with Gasteiger partial charge in [-0.15, -0.1) is 24.0 Å². The number of para-hydroxylation sites is 2. The normalized spacial score (nSPS) is 11.0. The maximum atomic E-state index is 5.70. The number of aryl methyl sites for hydroxylation is 1. The highest BCUT2D eigenvalue weighted by Crippen LogP contribution is 2.16. The van der Waals surface area contributed by atoms with Crippen molar-refractivity contribution >= 4 is 41.0 Å². The molecule has 3 aromatic rings. The van der Waals surface area contributed by atoms with Gasteiger partial charge in [-0.2, -0.15) is 0 Å². The first-order chi connectivity index (χ1) is 13.2. The molecule has 0 fully saturated rings. The van der Waals surface area contributed by atoms with Crippen molar-refractivity contribution in [2.24, 2.45) is 12.0 Å². The van der Waals surface area contributed by atoms with Crippen molar-refractivity contribution in [1.82, 2.24) is 20.2 Å². The molecule has 1 heterocycles. The highest BCUT2D eigenvalue weighted by Gasteiger charge is 2.07. The largest absolute Gasteiger partial charge is 0.497 e. The van der Waals surface area contributed by atoms with E-state index in [1.54, 1.807) is 14.2 Å². The number of hydrogen-bond acceptors (Lipinski definition) is 4. The van der Waals surface area contributed by atoms with E-state index in [1.165, 1.54) is 0 Å². The maximum absolute atomic E-state index is 5.70. The molecule has 7 nitrogen and oxygen atoms in total. The lowest BCUT2D eigenvalue weighted by atomic mass is 10.3. The van der Waals surface area contributed by atoms with Crippen molar-refractivity contribution in [1.29, 1.82) is 0 Å². The van der Waals surface area contributed by atoms with Crippen LogP contribution < -0.4 is 20.1 Å². The van der Waals surface area contributed by atoms with E-state index in [4.69, 9.17) is 9.47 Å². The molecule has 0 bridgehead atoms. The number of halogens is 1. The number of nitrogens with zero attached hydrogens (tertiary/aromatic N) is 3. The zero-order valence-electron chi connectivity index (χ0n) is 16.3. The van der Waals surface area contributed by atoms with Gasteiger partial charge in [0.25, 0.3) is 0 Å². The summed E-state index contributed by atoms with van der Waals surface area (Å²) < 4.78 is 12.9. The summed E-state index contributed by atoms with van der Waals surface area (Å²) in [6.45, 7) is 1.75. The highest BCUT2D eigenvalue weighted by atomic mass is 127. The summed E-state index contributed by atoms with van der Waals surface area (Å²) in [7, 11) is 5.41. The minimum absolute atomic E-state index is 0. The minimum Gasteiger partial charge on any atom is -0.497 e. The SMILES string of the molecule is CN=C(NCCOc1ccc(OC)cc1)NCc1nc2ccccc2n1C.I. The van der Waals surface area contributed by atoms with E-state index < -0.39 is 0 Å². The third-order valence-corrected chi connectivity index (χ3v) is 4.24. The van der Waals surface area contributed by atoms with Crippen LogP contribution in [0.4, 0.5) is 0 Å². The summed E-state index contributed by atoms with van der Waals surface area (Å²) in [5.74, 6) is 3.28. The Morgan fingerprint density at radius 2 is 1.79 bits per heavy atom. The number of aromatic nitrogens is 2. The van der Waals surface area contributed by atoms with E-state index in [-0.39, 0.29) is 24.0 Å². The molecule has 2 aromatic carbocycles. The van der Waals surface area contributed by atoms with Gasteiger partial charge in [0.1, 0.15) is 23.9 Å². The van der Waals surface area contributed by atoms with Gasteiger partial charge in [0.2, 0.25) is 0 Å². The van der Waals surface area contributed by atoms with Crippen molar-refractivity contribution in [3.05, 3.63) is 54.4 Å². The first-order valence-corrected chi connectivity index (χ1v) is 8.83. The van der Waals surface area contributed by atoms with Crippen LogP contribution in [0.1, 0.15) is 5.82 Å². The van der Waals surface area contributed by atoms with Crippen molar-refractivity contribution in [3.63, 3.8) is 0 Å². The van der Waals surface area contributed by atoms with Gasteiger partial charge in [-0.1, -0.05) is 12.1 Å². The molecule has 0 radical (unpaired) electrons. The Balaban J connectivity index is 0.00000280. The topological polar surface area (TPSA) is 72.7 Å². The molecule has 3 rings (SSSR count). The Morgan fingerprint density at radius 3 is 2.46 bits per heavy atom. The van der Waals surface area contributed by atoms with Crippen LogP contribution in [0.5, 0.6) is 11.5 Å². The Labute approximate surface area is 182 Å². The fraction of sp³-hybridized carbons (Fsp3) is 0.300. The second-order valence-electron chi connectivity index (χ2n) is 5.95. The lowest BCUT2D eigenvalue weighted by Crippen LogP contribution is -2.39. The summed E-state index contributed by atoms with van der Waals surface area (Å²) in [5, 5.41) is 6.52. The van der Waals surface area contributed by atoms with Crippen LogP contribution in [0.2, 0.25) is 0 Å². The highest BCUT2D eigenvalue weighted by molar-refractivity contribution is 14.0. The molecule has 2 N–H and O–H groups in total. The molecular formula is C20H26IN5O2. The third kappa shape index (κ3) is 5.51. The first-order valence-electron chi connectivity index (χ1n) is 8.83. The predicted molar refractivity (Wildman–Crippen MR) is 123 cm³/mol. The van der Waals surface area contributed by atoms with Gasteiger partial charge in [-0.05, 0) is 36.4 Å². The van der Waals surface area contributed by atoms with Crippen LogP contribution in [-0.2, 0) is 13.6 Å². The molecule has 0 amide bonds. The number of ether oxygens (including phenoxy) is 2. The maximum Gasteiger partial charge on any atom is 0.191 e. The van der Waals surface area contributed by atoms with Gasteiger partial charge in [0.05, 0.1) is 31.2 Å². The van der Waals surface area contributed by atoms with E-state index in [0.717, 1.165) is 28.4 Å². The summed E-state index contributed by atoms with van der Waals surface area (Å²) in [6, 6.07) is 15.6. The lowest BCUT2D eigenvalue weighted by Gasteiger charge is -2.12. The van der Waals surface area contributed by atoms with E-state index in [9.17, 15) is 0 Å². The summed E-state index contributed by atoms with van der Waals surface area (Å²) in [4.78, 5) is 8.89. The van der Waals surface area contributed by atoms with Gasteiger partial charge in [-0.25, -0.2) is 4.98 Å². The number of rotatable bonds is 7. The molecule has 28 heavy (non-hydrogen) atoms. The number of nitrogens with one attached hydrogen (secondary N) is 2. The number of guanidine groups is 1. The second-order valence-corrected chi connectivity index (χ2v) is 5.95. The number of aliphatic imine (C=N–C) groups is 1. The number of fused-ring (bicyclic) bond motifs is 1. The standard InChI is InChI=1S/C20H25N5O2.HI/c1-21-20(22-12-13-27-16-10-8-15(26-3)9-11-16)23-14-19-24-17-6-4-5-7-18(17)25(19)2;/h4-11H,12-14H2,1-3H3,(H2,21,22,23);1H. The molecule has 0 aliphatic rings. The van der Waals surface area contributed by atoms with E-state index in [1.807, 2.05) is 49.5 Å². The predicted octanol–water partition coefficient (Wildman–Crippen LogP) is 2.94. The average molecular weight is 495 g/mol. The van der Waals surface area contributed by atoms with Gasteiger partial charge in [-0.3, -0.25) is 4.99 Å². The van der Waals surface area contributed by atoms with Gasteiger partial charge < -0.3 is 24.7 Å². The monoisotopic (exact) mass is 495 g/mol. The quantitative estimate of drug-likeness (QED) is 0.228. The molecule has 0 atom stereocenters. The summed E-state index contributed by atoms with van der Waals surface area (Å²) in [6.07, 6.45) is 0. The molecule has 150 valence electrons. The Kier molecular flexibility index (Phi) is 8.37. The number of methoxy groups -OCH3 is 1. The van der Waals surface area contributed by atoms with E-state index >= 15 is 0 Å². The molecule has 0 aliphatic heterocycles. The van der Waals surface area contributed by atoms with Crippen molar-refractivity contribution in [2.75, 3.05) is 27.3 Å². The van der Waals surface area contributed by atoms with Crippen molar-refractivity contribution in [3.8, 4) is 11.5 Å². The summed E-state index contributed by atoms with van der Waals surface area (Å²) >= 11 is 0. The second kappa shape index (κ2) is 10.7. The number of hydrogen-bond donors (Lipinski definition) is 2. The van der Waals surface area contributed by atoms with Crippen LogP contribution in [-0.4, -0.2) is 42.8 Å². The van der Waals surface area contributed by atoms with Crippen LogP contribution in [0, 0.1) is 0 Å². The fourth-order valence-electron chi connectivity index (χ4n) is 2.75. The Hall–Kier alpha value is -2.49. The van der Waals surface area contributed by atoms with Crippen molar-refractivity contribution < 1.29 is 9.47 Å². The fourth-order valence-corrected chi connectivity index (χ4v) is 2.75. The molecule has 0 saturated heterocycles. The van der Waals surface area contributed by atoms with Crippen LogP contribution in [0.15, 0.2) is 53.5 Å². The third-order valence-electron chi connectivity index (χ3n) is 4.24. The Bertz CT molecular complexity index is 909. The van der Waals surface area contributed by atoms with Crippen molar-refractivity contribution in [2.45, 2.75) is 6.54 Å². The number of benzene rings is 2. The molecule has 0 spiro atoms. The van der Waals surface area contributed by atoms with Crippen LogP contribution >= 0.6 is 24.0 Å². The molecular weight excluding hydrogens is 469 g/mol. The average Bonchev–Trinajstić information content (AvgIpc) is 3.04. The molecule has 0 unspecified atom stereocenters. The Morgan fingerprint density at radius 1 is 1.07 bits per heavy atom. The van der Waals surface area contributed by atoms with Gasteiger partial charge in [0.15, 0.2) is 5.96 Å². The zero-order chi connectivity index (χ0) is 19.1. The molecule has 0 aliphatic carbocycles.